The molecule has 2 atom stereocenters. The van der Waals surface area contributed by atoms with Crippen LogP contribution in [-0.4, -0.2) is 77.6 Å². The van der Waals surface area contributed by atoms with Gasteiger partial charge in [-0.05, 0) is 24.0 Å². The van der Waals surface area contributed by atoms with Crippen molar-refractivity contribution in [2.75, 3.05) is 52.5 Å². The molecule has 0 amide bonds. The zero-order valence-electron chi connectivity index (χ0n) is 15.5. The lowest BCUT2D eigenvalue weighted by Gasteiger charge is -2.30. The van der Waals surface area contributed by atoms with Gasteiger partial charge in [0.15, 0.2) is 0 Å². The molecule has 1 aromatic heterocycles. The molecule has 2 aliphatic rings. The molecule has 7 heteroatoms. The van der Waals surface area contributed by atoms with Crippen LogP contribution >= 0.6 is 0 Å². The maximum absolute atomic E-state index is 13.6. The highest BCUT2D eigenvalue weighted by atomic mass is 19.1. The van der Waals surface area contributed by atoms with E-state index in [4.69, 9.17) is 4.74 Å². The lowest BCUT2D eigenvalue weighted by Crippen LogP contribution is -2.41. The Bertz CT molecular complexity index is 747. The van der Waals surface area contributed by atoms with Gasteiger partial charge < -0.3 is 9.84 Å². The highest BCUT2D eigenvalue weighted by Gasteiger charge is 2.34. The molecule has 2 N–H and O–H groups in total. The molecule has 146 valence electrons. The Hall–Kier alpha value is -1.80. The average molecular weight is 374 g/mol. The Morgan fingerprint density at radius 3 is 2.78 bits per heavy atom. The number of halogens is 1. The summed E-state index contributed by atoms with van der Waals surface area (Å²) in [6.07, 6.45) is 1.82. The number of aromatic amines is 1. The van der Waals surface area contributed by atoms with Crippen molar-refractivity contribution in [2.45, 2.75) is 6.54 Å². The molecule has 27 heavy (non-hydrogen) atoms. The minimum absolute atomic E-state index is 0.216. The Morgan fingerprint density at radius 1 is 1.19 bits per heavy atom. The molecular formula is C20H27FN4O2. The van der Waals surface area contributed by atoms with E-state index in [1.807, 2.05) is 12.3 Å². The molecule has 0 aliphatic carbocycles. The zero-order valence-corrected chi connectivity index (χ0v) is 15.5. The lowest BCUT2D eigenvalue weighted by molar-refractivity contribution is 0.0264. The summed E-state index contributed by atoms with van der Waals surface area (Å²) in [5.41, 5.74) is 2.74. The van der Waals surface area contributed by atoms with Crippen molar-refractivity contribution in [1.29, 1.82) is 0 Å². The van der Waals surface area contributed by atoms with Crippen LogP contribution in [0.3, 0.4) is 0 Å². The Morgan fingerprint density at radius 2 is 2.00 bits per heavy atom. The number of ether oxygens (including phenoxy) is 1. The summed E-state index contributed by atoms with van der Waals surface area (Å²) in [7, 11) is 0. The molecule has 2 fully saturated rings. The van der Waals surface area contributed by atoms with Gasteiger partial charge in [0, 0.05) is 57.0 Å². The normalized spacial score (nSPS) is 24.5. The standard InChI is InChI=1S/C20H27FN4O2/c21-19-3-1-2-15(8-19)20-16(9-22-23-20)10-25-12-17(18(13-25)14-26)11-24-4-6-27-7-5-24/h1-3,8-9,17-18,26H,4-7,10-14H2,(H,22,23)/t17-,18-/m1/s1. The van der Waals surface area contributed by atoms with Crippen LogP contribution in [0.4, 0.5) is 4.39 Å². The second kappa shape index (κ2) is 8.48. The number of H-pyrrole nitrogens is 1. The van der Waals surface area contributed by atoms with Crippen molar-refractivity contribution in [2.24, 2.45) is 11.8 Å². The topological polar surface area (TPSA) is 64.6 Å². The number of hydrogen-bond donors (Lipinski definition) is 2. The second-order valence-electron chi connectivity index (χ2n) is 7.59. The van der Waals surface area contributed by atoms with Crippen molar-refractivity contribution in [1.82, 2.24) is 20.0 Å². The highest BCUT2D eigenvalue weighted by Crippen LogP contribution is 2.28. The summed E-state index contributed by atoms with van der Waals surface area (Å²) in [5.74, 6) is 0.495. The minimum atomic E-state index is -0.250. The van der Waals surface area contributed by atoms with Crippen molar-refractivity contribution in [3.05, 3.63) is 41.8 Å². The van der Waals surface area contributed by atoms with Gasteiger partial charge >= 0.3 is 0 Å². The van der Waals surface area contributed by atoms with Crippen molar-refractivity contribution < 1.29 is 14.2 Å². The largest absolute Gasteiger partial charge is 0.396 e. The first-order valence-electron chi connectivity index (χ1n) is 9.64. The van der Waals surface area contributed by atoms with E-state index in [1.54, 1.807) is 6.07 Å². The summed E-state index contributed by atoms with van der Waals surface area (Å²) in [6.45, 7) is 7.34. The molecule has 0 spiro atoms. The highest BCUT2D eigenvalue weighted by molar-refractivity contribution is 5.62. The molecule has 0 bridgehead atoms. The van der Waals surface area contributed by atoms with E-state index in [2.05, 4.69) is 20.0 Å². The number of nitrogens with zero attached hydrogens (tertiary/aromatic N) is 3. The molecule has 6 nitrogen and oxygen atoms in total. The summed E-state index contributed by atoms with van der Waals surface area (Å²) >= 11 is 0. The fourth-order valence-electron chi connectivity index (χ4n) is 4.26. The van der Waals surface area contributed by atoms with Gasteiger partial charge in [0.1, 0.15) is 5.82 Å². The number of aromatic nitrogens is 2. The van der Waals surface area contributed by atoms with Crippen molar-refractivity contribution >= 4 is 0 Å². The quantitative estimate of drug-likeness (QED) is 0.804. The lowest BCUT2D eigenvalue weighted by atomic mass is 9.96. The predicted octanol–water partition coefficient (Wildman–Crippen LogP) is 1.59. The van der Waals surface area contributed by atoms with E-state index >= 15 is 0 Å². The van der Waals surface area contributed by atoms with Crippen LogP contribution < -0.4 is 0 Å². The van der Waals surface area contributed by atoms with E-state index in [9.17, 15) is 9.50 Å². The maximum Gasteiger partial charge on any atom is 0.123 e. The fraction of sp³-hybridized carbons (Fsp3) is 0.550. The Labute approximate surface area is 158 Å². The molecular weight excluding hydrogens is 347 g/mol. The molecule has 3 heterocycles. The summed E-state index contributed by atoms with van der Waals surface area (Å²) < 4.78 is 19.0. The van der Waals surface area contributed by atoms with Gasteiger partial charge in [-0.25, -0.2) is 4.39 Å². The number of benzene rings is 1. The number of aliphatic hydroxyl groups is 1. The third-order valence-electron chi connectivity index (χ3n) is 5.71. The van der Waals surface area contributed by atoms with Crippen LogP contribution in [0.25, 0.3) is 11.3 Å². The van der Waals surface area contributed by atoms with Gasteiger partial charge in [-0.1, -0.05) is 12.1 Å². The summed E-state index contributed by atoms with van der Waals surface area (Å²) in [5, 5.41) is 17.0. The zero-order chi connectivity index (χ0) is 18.6. The van der Waals surface area contributed by atoms with E-state index in [1.165, 1.54) is 12.1 Å². The van der Waals surface area contributed by atoms with E-state index in [0.717, 1.165) is 69.3 Å². The van der Waals surface area contributed by atoms with Gasteiger partial charge in [-0.15, -0.1) is 0 Å². The van der Waals surface area contributed by atoms with Crippen LogP contribution in [0, 0.1) is 17.7 Å². The number of nitrogens with one attached hydrogen (secondary N) is 1. The number of hydrogen-bond acceptors (Lipinski definition) is 5. The third-order valence-corrected chi connectivity index (χ3v) is 5.71. The molecule has 0 radical (unpaired) electrons. The average Bonchev–Trinajstić information content (AvgIpc) is 3.29. The van der Waals surface area contributed by atoms with Gasteiger partial charge in [-0.2, -0.15) is 5.10 Å². The maximum atomic E-state index is 13.6. The van der Waals surface area contributed by atoms with Gasteiger partial charge in [-0.3, -0.25) is 14.9 Å². The molecule has 0 saturated carbocycles. The van der Waals surface area contributed by atoms with Crippen LogP contribution in [0.2, 0.25) is 0 Å². The first kappa shape index (κ1) is 18.6. The van der Waals surface area contributed by atoms with E-state index < -0.39 is 0 Å². The van der Waals surface area contributed by atoms with Crippen molar-refractivity contribution in [3.8, 4) is 11.3 Å². The molecule has 4 rings (SSSR count). The first-order chi connectivity index (χ1) is 13.2. The molecule has 2 aromatic rings. The SMILES string of the molecule is OC[C@H]1CN(Cc2cn[nH]c2-c2cccc(F)c2)C[C@H]1CN1CCOCC1. The fourth-order valence-corrected chi connectivity index (χ4v) is 4.26. The van der Waals surface area contributed by atoms with Crippen LogP contribution in [0.15, 0.2) is 30.5 Å². The number of aliphatic hydroxyl groups excluding tert-OH is 1. The van der Waals surface area contributed by atoms with E-state index in [0.29, 0.717) is 5.92 Å². The number of rotatable bonds is 6. The van der Waals surface area contributed by atoms with Gasteiger partial charge in [0.05, 0.1) is 25.1 Å². The molecule has 1 aromatic carbocycles. The van der Waals surface area contributed by atoms with Crippen LogP contribution in [0.1, 0.15) is 5.56 Å². The third kappa shape index (κ3) is 4.38. The summed E-state index contributed by atoms with van der Waals surface area (Å²) in [6, 6.07) is 6.58. The molecule has 2 aliphatic heterocycles. The molecule has 0 unspecified atom stereocenters. The second-order valence-corrected chi connectivity index (χ2v) is 7.59. The Balaban J connectivity index is 1.42. The van der Waals surface area contributed by atoms with Gasteiger partial charge in [0.2, 0.25) is 0 Å². The minimum Gasteiger partial charge on any atom is -0.396 e. The number of morpholine rings is 1. The molecule has 2 saturated heterocycles. The smallest absolute Gasteiger partial charge is 0.123 e. The monoisotopic (exact) mass is 374 g/mol. The van der Waals surface area contributed by atoms with E-state index in [-0.39, 0.29) is 18.3 Å². The Kier molecular flexibility index (Phi) is 5.83. The number of likely N-dealkylation sites (tertiary alicyclic amines) is 1. The summed E-state index contributed by atoms with van der Waals surface area (Å²) in [4.78, 5) is 4.82. The van der Waals surface area contributed by atoms with Crippen LogP contribution in [0.5, 0.6) is 0 Å². The van der Waals surface area contributed by atoms with Gasteiger partial charge in [0.25, 0.3) is 0 Å². The first-order valence-corrected chi connectivity index (χ1v) is 9.64. The van der Waals surface area contributed by atoms with Crippen molar-refractivity contribution in [3.63, 3.8) is 0 Å². The van der Waals surface area contributed by atoms with Crippen LogP contribution in [-0.2, 0) is 11.3 Å². The predicted molar refractivity (Wildman–Crippen MR) is 101 cm³/mol.